The number of nitrogens with one attached hydrogen (secondary N) is 1. The van der Waals surface area contributed by atoms with E-state index in [0.717, 1.165) is 31.9 Å². The molecule has 2 fully saturated rings. The third kappa shape index (κ3) is 3.65. The molecule has 7 heteroatoms. The third-order valence-electron chi connectivity index (χ3n) is 4.19. The predicted molar refractivity (Wildman–Crippen MR) is 82.8 cm³/mol. The number of anilines is 1. The van der Waals surface area contributed by atoms with Gasteiger partial charge in [0.05, 0.1) is 12.7 Å². The highest BCUT2D eigenvalue weighted by molar-refractivity contribution is 5.74. The maximum absolute atomic E-state index is 12.3. The van der Waals surface area contributed by atoms with Crippen molar-refractivity contribution in [1.29, 1.82) is 0 Å². The second kappa shape index (κ2) is 6.91. The number of rotatable bonds is 2. The van der Waals surface area contributed by atoms with Crippen molar-refractivity contribution in [2.45, 2.75) is 31.9 Å². The minimum atomic E-state index is 0.0320. The van der Waals surface area contributed by atoms with Crippen LogP contribution in [-0.4, -0.2) is 65.8 Å². The fourth-order valence-corrected chi connectivity index (χ4v) is 2.95. The van der Waals surface area contributed by atoms with Crippen LogP contribution in [0.4, 0.5) is 10.7 Å². The van der Waals surface area contributed by atoms with E-state index >= 15 is 0 Å². The molecule has 1 N–H and O–H groups in total. The lowest BCUT2D eigenvalue weighted by Crippen LogP contribution is -2.53. The van der Waals surface area contributed by atoms with Crippen molar-refractivity contribution in [2.75, 3.05) is 37.7 Å². The van der Waals surface area contributed by atoms with Crippen molar-refractivity contribution in [3.05, 3.63) is 18.5 Å². The molecule has 2 aliphatic heterocycles. The van der Waals surface area contributed by atoms with Crippen molar-refractivity contribution in [1.82, 2.24) is 20.2 Å². The van der Waals surface area contributed by atoms with Gasteiger partial charge in [-0.2, -0.15) is 0 Å². The summed E-state index contributed by atoms with van der Waals surface area (Å²) < 4.78 is 5.47. The average Bonchev–Trinajstić information content (AvgIpc) is 2.56. The second-order valence-electron chi connectivity index (χ2n) is 5.89. The lowest BCUT2D eigenvalue weighted by Gasteiger charge is -2.35. The molecule has 1 aromatic heterocycles. The van der Waals surface area contributed by atoms with Crippen molar-refractivity contribution in [3.63, 3.8) is 0 Å². The summed E-state index contributed by atoms with van der Waals surface area (Å²) in [6.45, 7) is 5.70. The monoisotopic (exact) mass is 305 g/mol. The number of carbonyl (C=O) groups is 1. The summed E-state index contributed by atoms with van der Waals surface area (Å²) in [5.74, 6) is 0.772. The number of nitrogens with zero attached hydrogens (tertiary/aromatic N) is 4. The summed E-state index contributed by atoms with van der Waals surface area (Å²) in [5, 5.41) is 3.15. The number of piperidine rings is 1. The maximum atomic E-state index is 12.3. The van der Waals surface area contributed by atoms with Gasteiger partial charge in [0.25, 0.3) is 0 Å². The first-order chi connectivity index (χ1) is 10.7. The van der Waals surface area contributed by atoms with Crippen LogP contribution >= 0.6 is 0 Å². The van der Waals surface area contributed by atoms with Gasteiger partial charge in [-0.25, -0.2) is 14.8 Å². The van der Waals surface area contributed by atoms with E-state index in [2.05, 4.69) is 20.2 Å². The fraction of sp³-hybridized carbons (Fsp3) is 0.667. The largest absolute Gasteiger partial charge is 0.375 e. The Bertz CT molecular complexity index is 490. The van der Waals surface area contributed by atoms with Gasteiger partial charge >= 0.3 is 6.03 Å². The number of carbonyl (C=O) groups excluding carboxylic acids is 1. The quantitative estimate of drug-likeness (QED) is 0.878. The Morgan fingerprint density at radius 3 is 2.68 bits per heavy atom. The van der Waals surface area contributed by atoms with Gasteiger partial charge in [-0.1, -0.05) is 0 Å². The van der Waals surface area contributed by atoms with E-state index in [1.165, 1.54) is 0 Å². The number of hydrogen-bond donors (Lipinski definition) is 1. The highest BCUT2D eigenvalue weighted by Gasteiger charge is 2.26. The van der Waals surface area contributed by atoms with E-state index in [0.29, 0.717) is 19.7 Å². The van der Waals surface area contributed by atoms with Crippen molar-refractivity contribution in [3.8, 4) is 0 Å². The summed E-state index contributed by atoms with van der Waals surface area (Å²) in [5.41, 5.74) is 0. The van der Waals surface area contributed by atoms with Gasteiger partial charge in [-0.05, 0) is 25.8 Å². The van der Waals surface area contributed by atoms with Gasteiger partial charge in [0.1, 0.15) is 0 Å². The molecule has 2 aliphatic rings. The topological polar surface area (TPSA) is 70.6 Å². The van der Waals surface area contributed by atoms with E-state index in [4.69, 9.17) is 4.74 Å². The van der Waals surface area contributed by atoms with Crippen molar-refractivity contribution in [2.24, 2.45) is 0 Å². The van der Waals surface area contributed by atoms with E-state index in [1.54, 1.807) is 12.4 Å². The molecular weight excluding hydrogens is 282 g/mol. The fourth-order valence-electron chi connectivity index (χ4n) is 2.95. The minimum Gasteiger partial charge on any atom is -0.375 e. The number of morpholine rings is 1. The van der Waals surface area contributed by atoms with Crippen LogP contribution in [0.1, 0.15) is 19.8 Å². The normalized spacial score (nSPS) is 23.4. The predicted octanol–water partition coefficient (Wildman–Crippen LogP) is 0.876. The zero-order valence-electron chi connectivity index (χ0n) is 12.9. The van der Waals surface area contributed by atoms with Gasteiger partial charge in [-0.15, -0.1) is 0 Å². The van der Waals surface area contributed by atoms with Gasteiger partial charge in [0, 0.05) is 44.6 Å². The standard InChI is InChI=1S/C15H23N5O2/c1-12-11-20(9-10-22-12)15(21)18-13-3-7-19(8-4-13)14-16-5-2-6-17-14/h2,5-6,12-13H,3-4,7-11H2,1H3,(H,18,21)/t12-/m1/s1. The van der Waals surface area contributed by atoms with Gasteiger partial charge < -0.3 is 19.9 Å². The Morgan fingerprint density at radius 1 is 1.27 bits per heavy atom. The molecule has 0 aromatic carbocycles. The number of ether oxygens (including phenoxy) is 1. The van der Waals surface area contributed by atoms with Gasteiger partial charge in [0.15, 0.2) is 0 Å². The Labute approximate surface area is 130 Å². The molecular formula is C15H23N5O2. The van der Waals surface area contributed by atoms with Crippen LogP contribution in [0.2, 0.25) is 0 Å². The van der Waals surface area contributed by atoms with Gasteiger partial charge in [-0.3, -0.25) is 0 Å². The molecule has 1 aromatic rings. The average molecular weight is 305 g/mol. The zero-order chi connectivity index (χ0) is 15.4. The van der Waals surface area contributed by atoms with Crippen LogP contribution in [0.5, 0.6) is 0 Å². The van der Waals surface area contributed by atoms with E-state index in [9.17, 15) is 4.79 Å². The molecule has 0 spiro atoms. The molecule has 2 saturated heterocycles. The van der Waals surface area contributed by atoms with E-state index < -0.39 is 0 Å². The summed E-state index contributed by atoms with van der Waals surface area (Å²) in [6.07, 6.45) is 5.48. The lowest BCUT2D eigenvalue weighted by molar-refractivity contribution is -0.00397. The molecule has 1 atom stereocenters. The zero-order valence-corrected chi connectivity index (χ0v) is 12.9. The van der Waals surface area contributed by atoms with Crippen LogP contribution in [0.15, 0.2) is 18.5 Å². The first-order valence-electron chi connectivity index (χ1n) is 7.91. The van der Waals surface area contributed by atoms with E-state index in [1.807, 2.05) is 17.9 Å². The molecule has 120 valence electrons. The molecule has 2 amide bonds. The van der Waals surface area contributed by atoms with Crippen LogP contribution in [0, 0.1) is 0 Å². The third-order valence-corrected chi connectivity index (χ3v) is 4.19. The summed E-state index contributed by atoms with van der Waals surface area (Å²) in [6, 6.07) is 2.08. The van der Waals surface area contributed by atoms with Crippen LogP contribution < -0.4 is 10.2 Å². The molecule has 0 aliphatic carbocycles. The van der Waals surface area contributed by atoms with E-state index in [-0.39, 0.29) is 18.2 Å². The smallest absolute Gasteiger partial charge is 0.317 e. The Balaban J connectivity index is 1.46. The van der Waals surface area contributed by atoms with Crippen molar-refractivity contribution < 1.29 is 9.53 Å². The van der Waals surface area contributed by atoms with Gasteiger partial charge in [0.2, 0.25) is 5.95 Å². The Hall–Kier alpha value is -1.89. The molecule has 0 unspecified atom stereocenters. The summed E-state index contributed by atoms with van der Waals surface area (Å²) in [4.78, 5) is 24.8. The van der Waals surface area contributed by atoms with Crippen LogP contribution in [0.25, 0.3) is 0 Å². The maximum Gasteiger partial charge on any atom is 0.317 e. The molecule has 0 saturated carbocycles. The molecule has 0 radical (unpaired) electrons. The molecule has 7 nitrogen and oxygen atoms in total. The molecule has 3 heterocycles. The number of aromatic nitrogens is 2. The number of amides is 2. The molecule has 3 rings (SSSR count). The summed E-state index contributed by atoms with van der Waals surface area (Å²) in [7, 11) is 0. The van der Waals surface area contributed by atoms with Crippen LogP contribution in [-0.2, 0) is 4.74 Å². The summed E-state index contributed by atoms with van der Waals surface area (Å²) >= 11 is 0. The SMILES string of the molecule is C[C@@H]1CN(C(=O)NC2CCN(c3ncccn3)CC2)CCO1. The molecule has 22 heavy (non-hydrogen) atoms. The number of hydrogen-bond acceptors (Lipinski definition) is 5. The first-order valence-corrected chi connectivity index (χ1v) is 7.91. The van der Waals surface area contributed by atoms with Crippen LogP contribution in [0.3, 0.4) is 0 Å². The first kappa shape index (κ1) is 15.0. The lowest BCUT2D eigenvalue weighted by atomic mass is 10.1. The Morgan fingerprint density at radius 2 is 2.00 bits per heavy atom. The minimum absolute atomic E-state index is 0.0320. The molecule has 0 bridgehead atoms. The Kier molecular flexibility index (Phi) is 4.72. The second-order valence-corrected chi connectivity index (χ2v) is 5.89. The van der Waals surface area contributed by atoms with Crippen molar-refractivity contribution >= 4 is 12.0 Å². The highest BCUT2D eigenvalue weighted by atomic mass is 16.5. The number of urea groups is 1. The highest BCUT2D eigenvalue weighted by Crippen LogP contribution is 2.16.